The topological polar surface area (TPSA) is 121 Å². The molecule has 0 saturated heterocycles. The van der Waals surface area contributed by atoms with E-state index in [-0.39, 0.29) is 36.7 Å². The van der Waals surface area contributed by atoms with Gasteiger partial charge in [-0.15, -0.1) is 0 Å². The summed E-state index contributed by atoms with van der Waals surface area (Å²) in [7, 11) is 0. The Hall–Kier alpha value is -2.62. The average Bonchev–Trinajstić information content (AvgIpc) is 2.97. The average molecular weight is 653 g/mol. The molecule has 3 rings (SSSR count). The first-order valence-corrected chi connectivity index (χ1v) is 15.2. The van der Waals surface area contributed by atoms with Gasteiger partial charge < -0.3 is 38.2 Å². The van der Waals surface area contributed by atoms with Crippen LogP contribution in [0.25, 0.3) is 0 Å². The lowest BCUT2D eigenvalue weighted by atomic mass is 9.81. The number of hydrogen-bond acceptors (Lipinski definition) is 5. The molecule has 0 spiro atoms. The SMILES string of the molecule is CCCCCCNC(=O)[C@H](Cc1ccc(OC(=O)OCc2ccccc2Br)cc1)NC(=O)C1CCC(C[NH3+])CC1.[Cl-]. The fourth-order valence-corrected chi connectivity index (χ4v) is 5.31. The van der Waals surface area contributed by atoms with Crippen molar-refractivity contribution in [3.05, 3.63) is 64.1 Å². The lowest BCUT2D eigenvalue weighted by Gasteiger charge is -2.27. The summed E-state index contributed by atoms with van der Waals surface area (Å²) in [6.07, 6.45) is 7.46. The maximum Gasteiger partial charge on any atom is 0.514 e. The van der Waals surface area contributed by atoms with E-state index in [1.165, 1.54) is 0 Å². The van der Waals surface area contributed by atoms with Gasteiger partial charge in [-0.1, -0.05) is 72.4 Å². The van der Waals surface area contributed by atoms with Gasteiger partial charge in [-0.2, -0.15) is 0 Å². The number of unbranched alkanes of at least 4 members (excludes halogenated alkanes) is 3. The van der Waals surface area contributed by atoms with Gasteiger partial charge in [0.15, 0.2) is 0 Å². The van der Waals surface area contributed by atoms with Gasteiger partial charge in [0.25, 0.3) is 0 Å². The van der Waals surface area contributed by atoms with E-state index in [2.05, 4.69) is 39.2 Å². The second kappa shape index (κ2) is 18.7. The monoisotopic (exact) mass is 651 g/mol. The first-order chi connectivity index (χ1) is 19.4. The second-order valence-corrected chi connectivity index (χ2v) is 11.4. The fraction of sp³-hybridized carbons (Fsp3) is 0.516. The molecule has 2 amide bonds. The van der Waals surface area contributed by atoms with Crippen LogP contribution in [0.2, 0.25) is 0 Å². The van der Waals surface area contributed by atoms with E-state index in [9.17, 15) is 14.4 Å². The van der Waals surface area contributed by atoms with Crippen LogP contribution in [0, 0.1) is 11.8 Å². The molecule has 0 radical (unpaired) electrons. The number of rotatable bonds is 14. The quantitative estimate of drug-likeness (QED) is 0.164. The van der Waals surface area contributed by atoms with Crippen molar-refractivity contribution in [1.82, 2.24) is 10.6 Å². The van der Waals surface area contributed by atoms with Gasteiger partial charge in [-0.05, 0) is 55.9 Å². The Morgan fingerprint density at radius 2 is 1.71 bits per heavy atom. The van der Waals surface area contributed by atoms with Crippen molar-refractivity contribution in [1.29, 1.82) is 0 Å². The molecule has 2 aromatic carbocycles. The van der Waals surface area contributed by atoms with Crippen LogP contribution >= 0.6 is 15.9 Å². The van der Waals surface area contributed by atoms with Crippen molar-refractivity contribution in [3.8, 4) is 5.75 Å². The summed E-state index contributed by atoms with van der Waals surface area (Å²) >= 11 is 3.43. The van der Waals surface area contributed by atoms with Crippen LogP contribution in [-0.2, 0) is 27.4 Å². The lowest BCUT2D eigenvalue weighted by Crippen LogP contribution is -3.00. The van der Waals surface area contributed by atoms with Gasteiger partial charge in [0, 0.05) is 34.8 Å². The normalized spacial score (nSPS) is 17.0. The number of hydrogen-bond donors (Lipinski definition) is 3. The molecule has 226 valence electrons. The number of ether oxygens (including phenoxy) is 2. The maximum absolute atomic E-state index is 13.1. The Labute approximate surface area is 258 Å². The lowest BCUT2D eigenvalue weighted by molar-refractivity contribution is -0.380. The minimum absolute atomic E-state index is 0. The van der Waals surface area contributed by atoms with Gasteiger partial charge in [0.05, 0.1) is 6.54 Å². The number of amides is 2. The molecule has 1 atom stereocenters. The highest BCUT2D eigenvalue weighted by Crippen LogP contribution is 2.28. The number of halogens is 2. The van der Waals surface area contributed by atoms with E-state index in [0.29, 0.717) is 24.6 Å². The van der Waals surface area contributed by atoms with Crippen molar-refractivity contribution in [2.75, 3.05) is 13.1 Å². The largest absolute Gasteiger partial charge is 1.00 e. The molecule has 10 heteroatoms. The highest BCUT2D eigenvalue weighted by molar-refractivity contribution is 9.10. The van der Waals surface area contributed by atoms with Crippen LogP contribution in [0.3, 0.4) is 0 Å². The van der Waals surface area contributed by atoms with E-state index in [4.69, 9.17) is 9.47 Å². The summed E-state index contributed by atoms with van der Waals surface area (Å²) in [5.41, 5.74) is 5.69. The van der Waals surface area contributed by atoms with Crippen molar-refractivity contribution in [2.24, 2.45) is 11.8 Å². The van der Waals surface area contributed by atoms with E-state index in [0.717, 1.165) is 73.5 Å². The molecule has 8 nitrogen and oxygen atoms in total. The molecule has 1 fully saturated rings. The van der Waals surface area contributed by atoms with Crippen LogP contribution in [-0.4, -0.2) is 37.1 Å². The van der Waals surface area contributed by atoms with Crippen LogP contribution in [0.4, 0.5) is 4.79 Å². The zero-order chi connectivity index (χ0) is 28.7. The molecule has 0 bridgehead atoms. The Balaban J connectivity index is 0.00000588. The van der Waals surface area contributed by atoms with E-state index in [1.807, 2.05) is 24.3 Å². The first kappa shape index (κ1) is 34.6. The zero-order valence-electron chi connectivity index (χ0n) is 23.8. The van der Waals surface area contributed by atoms with Crippen molar-refractivity contribution >= 4 is 33.9 Å². The highest BCUT2D eigenvalue weighted by atomic mass is 79.9. The minimum Gasteiger partial charge on any atom is -1.00 e. The number of quaternary nitrogens is 1. The van der Waals surface area contributed by atoms with E-state index < -0.39 is 12.2 Å². The molecular formula is C31H43BrClN3O5. The summed E-state index contributed by atoms with van der Waals surface area (Å²) in [4.78, 5) is 38.4. The smallest absolute Gasteiger partial charge is 0.514 e. The standard InChI is InChI=1S/C31H42BrN3O5.ClH/c1-2-3-4-7-18-34-30(37)28(35-29(36)24-14-10-23(20-33)11-15-24)19-22-12-16-26(17-13-22)40-31(38)39-21-25-8-5-6-9-27(25)32;/h5-6,8-9,12-13,16-17,23-24,28H,2-4,7,10-11,14-15,18-21,33H2,1H3,(H,34,37)(H,35,36);1H/t23?,24?,28-;/m0./s1. The molecular weight excluding hydrogens is 610 g/mol. The number of benzene rings is 2. The third-order valence-electron chi connectivity index (χ3n) is 7.46. The molecule has 1 saturated carbocycles. The van der Waals surface area contributed by atoms with Gasteiger partial charge in [-0.25, -0.2) is 4.79 Å². The molecule has 0 unspecified atom stereocenters. The number of carbonyl (C=O) groups is 3. The summed E-state index contributed by atoms with van der Waals surface area (Å²) in [6.45, 7) is 3.73. The molecule has 1 aliphatic carbocycles. The Kier molecular flexibility index (Phi) is 15.8. The van der Waals surface area contributed by atoms with Crippen molar-refractivity contribution < 1.29 is 42.0 Å². The molecule has 5 N–H and O–H groups in total. The van der Waals surface area contributed by atoms with E-state index in [1.54, 1.807) is 24.3 Å². The summed E-state index contributed by atoms with van der Waals surface area (Å²) in [5, 5.41) is 6.03. The van der Waals surface area contributed by atoms with Gasteiger partial charge in [0.1, 0.15) is 18.4 Å². The predicted molar refractivity (Wildman–Crippen MR) is 157 cm³/mol. The maximum atomic E-state index is 13.1. The van der Waals surface area contributed by atoms with Crippen LogP contribution in [0.1, 0.15) is 69.4 Å². The molecule has 1 aliphatic rings. The summed E-state index contributed by atoms with van der Waals surface area (Å²) in [6, 6.07) is 13.7. The molecule has 2 aromatic rings. The molecule has 41 heavy (non-hydrogen) atoms. The minimum atomic E-state index is -0.801. The third kappa shape index (κ3) is 12.0. The Bertz CT molecular complexity index is 1090. The highest BCUT2D eigenvalue weighted by Gasteiger charge is 2.29. The zero-order valence-corrected chi connectivity index (χ0v) is 26.2. The van der Waals surface area contributed by atoms with Crippen LogP contribution in [0.15, 0.2) is 53.0 Å². The fourth-order valence-electron chi connectivity index (χ4n) is 4.91. The molecule has 0 aliphatic heterocycles. The second-order valence-electron chi connectivity index (χ2n) is 10.5. The first-order valence-electron chi connectivity index (χ1n) is 14.4. The summed E-state index contributed by atoms with van der Waals surface area (Å²) in [5.74, 6) is 0.628. The van der Waals surface area contributed by atoms with Crippen molar-refractivity contribution in [3.63, 3.8) is 0 Å². The van der Waals surface area contributed by atoms with Gasteiger partial charge >= 0.3 is 6.16 Å². The van der Waals surface area contributed by atoms with Gasteiger partial charge in [-0.3, -0.25) is 9.59 Å². The number of nitrogens with one attached hydrogen (secondary N) is 2. The molecule has 0 aromatic heterocycles. The summed E-state index contributed by atoms with van der Waals surface area (Å²) < 4.78 is 11.4. The third-order valence-corrected chi connectivity index (χ3v) is 8.23. The van der Waals surface area contributed by atoms with Crippen LogP contribution in [0.5, 0.6) is 5.75 Å². The van der Waals surface area contributed by atoms with E-state index >= 15 is 0 Å². The van der Waals surface area contributed by atoms with Crippen LogP contribution < -0.4 is 33.5 Å². The Morgan fingerprint density at radius 3 is 2.37 bits per heavy atom. The molecule has 0 heterocycles. The van der Waals surface area contributed by atoms with Gasteiger partial charge in [0.2, 0.25) is 11.8 Å². The predicted octanol–water partition coefficient (Wildman–Crippen LogP) is 1.94. The number of carbonyl (C=O) groups excluding carboxylic acids is 3. The van der Waals surface area contributed by atoms with Crippen molar-refractivity contribution in [2.45, 2.75) is 77.4 Å². The Morgan fingerprint density at radius 1 is 1.00 bits per heavy atom.